The van der Waals surface area contributed by atoms with Gasteiger partial charge in [-0.15, -0.1) is 0 Å². The Morgan fingerprint density at radius 3 is 2.62 bits per heavy atom. The molecule has 5 nitrogen and oxygen atoms in total. The molecule has 0 amide bonds. The van der Waals surface area contributed by atoms with Crippen LogP contribution in [0.4, 0.5) is 29.3 Å². The van der Waals surface area contributed by atoms with Gasteiger partial charge in [0.2, 0.25) is 5.95 Å². The van der Waals surface area contributed by atoms with Crippen LogP contribution in [-0.2, 0) is 0 Å². The van der Waals surface area contributed by atoms with Crippen molar-refractivity contribution in [3.05, 3.63) is 12.0 Å². The topological polar surface area (TPSA) is 75.9 Å². The van der Waals surface area contributed by atoms with Crippen molar-refractivity contribution in [2.75, 3.05) is 17.3 Å². The van der Waals surface area contributed by atoms with Crippen LogP contribution in [0.15, 0.2) is 6.20 Å². The van der Waals surface area contributed by atoms with Gasteiger partial charge in [-0.1, -0.05) is 0 Å². The van der Waals surface area contributed by atoms with Crippen LogP contribution in [0.1, 0.15) is 6.42 Å². The van der Waals surface area contributed by atoms with Gasteiger partial charge < -0.3 is 5.32 Å². The van der Waals surface area contributed by atoms with Gasteiger partial charge in [0.05, 0.1) is 12.6 Å². The highest BCUT2D eigenvalue weighted by molar-refractivity contribution is 5.40. The van der Waals surface area contributed by atoms with Gasteiger partial charge in [0.1, 0.15) is 0 Å². The Kier molecular flexibility index (Phi) is 3.82. The van der Waals surface area contributed by atoms with Crippen LogP contribution >= 0.6 is 0 Å². The fourth-order valence-corrected chi connectivity index (χ4v) is 0.883. The first kappa shape index (κ1) is 12.4. The Hall–Kier alpha value is -1.64. The lowest BCUT2D eigenvalue weighted by atomic mass is 10.4. The first-order valence-corrected chi connectivity index (χ1v) is 4.22. The lowest BCUT2D eigenvalue weighted by molar-refractivity contribution is -0.131. The molecule has 1 aromatic rings. The lowest BCUT2D eigenvalue weighted by Gasteiger charge is -2.09. The van der Waals surface area contributed by atoms with Crippen LogP contribution in [0.2, 0.25) is 0 Å². The molecular formula is C7H9F4N5. The highest BCUT2D eigenvalue weighted by Gasteiger charge is 2.26. The highest BCUT2D eigenvalue weighted by atomic mass is 19.4. The Morgan fingerprint density at radius 2 is 2.06 bits per heavy atom. The van der Waals surface area contributed by atoms with Crippen molar-refractivity contribution < 1.29 is 17.6 Å². The van der Waals surface area contributed by atoms with E-state index in [1.807, 2.05) is 0 Å². The Morgan fingerprint density at radius 1 is 1.38 bits per heavy atom. The summed E-state index contributed by atoms with van der Waals surface area (Å²) in [7, 11) is 0. The largest absolute Gasteiger partial charge is 0.390 e. The smallest absolute Gasteiger partial charge is 0.367 e. The van der Waals surface area contributed by atoms with Gasteiger partial charge in [0, 0.05) is 6.54 Å². The summed E-state index contributed by atoms with van der Waals surface area (Å²) in [6.45, 7) is -0.471. The average Bonchev–Trinajstić information content (AvgIpc) is 2.19. The van der Waals surface area contributed by atoms with Crippen LogP contribution in [-0.4, -0.2) is 22.7 Å². The number of hydrogen-bond donors (Lipinski definition) is 3. The summed E-state index contributed by atoms with van der Waals surface area (Å²) in [5.74, 6) is 3.70. The number of nitrogen functional groups attached to an aromatic ring is 1. The molecular weight excluding hydrogens is 230 g/mol. The van der Waals surface area contributed by atoms with E-state index in [1.165, 1.54) is 0 Å². The number of nitrogens with zero attached hydrogens (tertiary/aromatic N) is 2. The average molecular weight is 239 g/mol. The number of nitrogens with one attached hydrogen (secondary N) is 2. The van der Waals surface area contributed by atoms with Crippen LogP contribution in [0.5, 0.6) is 0 Å². The minimum atomic E-state index is -4.30. The van der Waals surface area contributed by atoms with Gasteiger partial charge >= 0.3 is 6.18 Å². The van der Waals surface area contributed by atoms with Crippen LogP contribution in [0, 0.1) is 5.82 Å². The molecule has 4 N–H and O–H groups in total. The third-order valence-electron chi connectivity index (χ3n) is 1.57. The number of alkyl halides is 3. The molecule has 0 aliphatic rings. The lowest BCUT2D eigenvalue weighted by Crippen LogP contribution is -2.17. The number of hydrogen-bond acceptors (Lipinski definition) is 5. The molecule has 16 heavy (non-hydrogen) atoms. The van der Waals surface area contributed by atoms with Gasteiger partial charge in [0.25, 0.3) is 0 Å². The normalized spacial score (nSPS) is 11.3. The van der Waals surface area contributed by atoms with E-state index < -0.39 is 25.0 Å². The number of nitrogens with two attached hydrogens (primary N) is 1. The van der Waals surface area contributed by atoms with E-state index in [2.05, 4.69) is 20.7 Å². The van der Waals surface area contributed by atoms with E-state index in [0.29, 0.717) is 0 Å². The SMILES string of the molecule is NNc1ncc(F)c(NCCC(F)(F)F)n1. The minimum absolute atomic E-state index is 0.0871. The predicted octanol–water partition coefficient (Wildman–Crippen LogP) is 1.27. The standard InChI is InChI=1S/C7H9F4N5/c8-4-3-14-6(16-12)15-5(4)13-2-1-7(9,10)11/h3H,1-2,12H2,(H2,13,14,15,16). The number of halogens is 4. The molecule has 0 aromatic carbocycles. The molecule has 0 spiro atoms. The number of hydrazine groups is 1. The number of aromatic nitrogens is 2. The zero-order chi connectivity index (χ0) is 12.2. The van der Waals surface area contributed by atoms with Gasteiger partial charge in [-0.3, -0.25) is 5.43 Å². The molecule has 0 saturated heterocycles. The van der Waals surface area contributed by atoms with E-state index >= 15 is 0 Å². The van der Waals surface area contributed by atoms with Gasteiger partial charge in [-0.05, 0) is 0 Å². The van der Waals surface area contributed by atoms with Crippen molar-refractivity contribution in [1.82, 2.24) is 9.97 Å². The fraction of sp³-hybridized carbons (Fsp3) is 0.429. The first-order chi connectivity index (χ1) is 7.42. The molecule has 1 heterocycles. The Labute approximate surface area is 88.0 Å². The van der Waals surface area contributed by atoms with Crippen LogP contribution in [0.3, 0.4) is 0 Å². The number of rotatable bonds is 4. The van der Waals surface area contributed by atoms with E-state index in [1.54, 1.807) is 0 Å². The molecule has 1 rings (SSSR count). The summed E-state index contributed by atoms with van der Waals surface area (Å²) in [6.07, 6.45) is -4.58. The van der Waals surface area contributed by atoms with Crippen molar-refractivity contribution in [3.8, 4) is 0 Å². The molecule has 0 saturated carbocycles. The van der Waals surface area contributed by atoms with E-state index in [-0.39, 0.29) is 11.8 Å². The second-order valence-corrected chi connectivity index (χ2v) is 2.83. The molecule has 0 atom stereocenters. The van der Waals surface area contributed by atoms with E-state index in [4.69, 9.17) is 5.84 Å². The molecule has 0 unspecified atom stereocenters. The summed E-state index contributed by atoms with van der Waals surface area (Å²) in [6, 6.07) is 0. The molecule has 90 valence electrons. The summed E-state index contributed by atoms with van der Waals surface area (Å²) in [5.41, 5.74) is 2.05. The Bertz CT molecular complexity index is 353. The van der Waals surface area contributed by atoms with Gasteiger partial charge in [0.15, 0.2) is 11.6 Å². The molecule has 0 bridgehead atoms. The van der Waals surface area contributed by atoms with Crippen molar-refractivity contribution >= 4 is 11.8 Å². The van der Waals surface area contributed by atoms with Crippen LogP contribution < -0.4 is 16.6 Å². The third-order valence-corrected chi connectivity index (χ3v) is 1.57. The minimum Gasteiger partial charge on any atom is -0.367 e. The summed E-state index contributed by atoms with van der Waals surface area (Å²) in [4.78, 5) is 6.94. The molecule has 0 aliphatic carbocycles. The quantitative estimate of drug-likeness (QED) is 0.419. The predicted molar refractivity (Wildman–Crippen MR) is 49.0 cm³/mol. The summed E-state index contributed by atoms with van der Waals surface area (Å²) < 4.78 is 48.4. The van der Waals surface area contributed by atoms with Crippen molar-refractivity contribution in [3.63, 3.8) is 0 Å². The van der Waals surface area contributed by atoms with Crippen molar-refractivity contribution in [2.24, 2.45) is 5.84 Å². The second kappa shape index (κ2) is 4.92. The zero-order valence-electron chi connectivity index (χ0n) is 7.98. The first-order valence-electron chi connectivity index (χ1n) is 4.22. The van der Waals surface area contributed by atoms with Crippen molar-refractivity contribution in [1.29, 1.82) is 0 Å². The highest BCUT2D eigenvalue weighted by Crippen LogP contribution is 2.19. The van der Waals surface area contributed by atoms with Gasteiger partial charge in [-0.2, -0.15) is 18.2 Å². The molecule has 9 heteroatoms. The second-order valence-electron chi connectivity index (χ2n) is 2.83. The van der Waals surface area contributed by atoms with Crippen molar-refractivity contribution in [2.45, 2.75) is 12.6 Å². The summed E-state index contributed by atoms with van der Waals surface area (Å²) >= 11 is 0. The number of anilines is 2. The third kappa shape index (κ3) is 3.85. The van der Waals surface area contributed by atoms with Crippen LogP contribution in [0.25, 0.3) is 0 Å². The maximum Gasteiger partial charge on any atom is 0.390 e. The van der Waals surface area contributed by atoms with Gasteiger partial charge in [-0.25, -0.2) is 15.2 Å². The molecule has 1 aromatic heterocycles. The molecule has 0 aliphatic heterocycles. The molecule has 0 radical (unpaired) electrons. The van der Waals surface area contributed by atoms with E-state index in [9.17, 15) is 17.6 Å². The maximum atomic E-state index is 13.0. The molecule has 0 fully saturated rings. The maximum absolute atomic E-state index is 13.0. The fourth-order valence-electron chi connectivity index (χ4n) is 0.883. The van der Waals surface area contributed by atoms with E-state index in [0.717, 1.165) is 6.20 Å². The zero-order valence-corrected chi connectivity index (χ0v) is 7.98. The summed E-state index contributed by atoms with van der Waals surface area (Å²) in [5, 5.41) is 2.20. The Balaban J connectivity index is 2.59. The monoisotopic (exact) mass is 239 g/mol.